The second-order valence-corrected chi connectivity index (χ2v) is 11.0. The first-order valence-electron chi connectivity index (χ1n) is 15.1. The summed E-state index contributed by atoms with van der Waals surface area (Å²) < 4.78 is 8.46. The molecule has 216 valence electrons. The highest BCUT2D eigenvalue weighted by atomic mass is 16.5. The quantitative estimate of drug-likeness (QED) is 0.141. The second-order valence-electron chi connectivity index (χ2n) is 11.0. The van der Waals surface area contributed by atoms with Crippen LogP contribution in [0.2, 0.25) is 0 Å². The molecule has 0 spiro atoms. The van der Waals surface area contributed by atoms with E-state index in [0.717, 1.165) is 61.3 Å². The van der Waals surface area contributed by atoms with Gasteiger partial charge < -0.3 is 14.6 Å². The number of unbranched alkanes of at least 4 members (excludes halogenated alkanes) is 2. The van der Waals surface area contributed by atoms with Gasteiger partial charge >= 0.3 is 0 Å². The molecule has 1 aromatic heterocycles. The highest BCUT2D eigenvalue weighted by Gasteiger charge is 2.11. The number of aryl methyl sites for hydroxylation is 4. The van der Waals surface area contributed by atoms with Crippen LogP contribution >= 0.6 is 0 Å². The van der Waals surface area contributed by atoms with Gasteiger partial charge in [0, 0.05) is 19.5 Å². The molecule has 4 aromatic carbocycles. The number of para-hydroxylation sites is 2. The molecule has 0 aliphatic carbocycles. The SMILES string of the molecule is Cc1ccc(C)c(OCCCn2c(CCCCCNC(=O)Cc3ccc(-c4ccccc4)cc3)nc3ccccc32)c1. The van der Waals surface area contributed by atoms with E-state index >= 15 is 0 Å². The van der Waals surface area contributed by atoms with Gasteiger partial charge in [-0.05, 0) is 79.1 Å². The third-order valence-electron chi connectivity index (χ3n) is 7.69. The Bertz CT molecular complexity index is 1590. The van der Waals surface area contributed by atoms with Crippen LogP contribution < -0.4 is 10.1 Å². The van der Waals surface area contributed by atoms with Crippen molar-refractivity contribution < 1.29 is 9.53 Å². The van der Waals surface area contributed by atoms with Crippen molar-refractivity contribution in [2.24, 2.45) is 0 Å². The van der Waals surface area contributed by atoms with Crippen molar-refractivity contribution >= 4 is 16.9 Å². The number of nitrogens with zero attached hydrogens (tertiary/aromatic N) is 2. The number of carbonyl (C=O) groups is 1. The minimum atomic E-state index is 0.0762. The Morgan fingerprint density at radius 3 is 2.40 bits per heavy atom. The first kappa shape index (κ1) is 29.1. The van der Waals surface area contributed by atoms with Crippen molar-refractivity contribution in [3.8, 4) is 16.9 Å². The summed E-state index contributed by atoms with van der Waals surface area (Å²) in [7, 11) is 0. The predicted octanol–water partition coefficient (Wildman–Crippen LogP) is 7.86. The van der Waals surface area contributed by atoms with Crippen LogP contribution in [0.3, 0.4) is 0 Å². The maximum Gasteiger partial charge on any atom is 0.224 e. The molecule has 5 rings (SSSR count). The fourth-order valence-electron chi connectivity index (χ4n) is 5.34. The number of rotatable bonds is 14. The Balaban J connectivity index is 1.04. The summed E-state index contributed by atoms with van der Waals surface area (Å²) in [6.07, 6.45) is 5.30. The average Bonchev–Trinajstić information content (AvgIpc) is 3.36. The van der Waals surface area contributed by atoms with Gasteiger partial charge in [-0.1, -0.05) is 85.3 Å². The zero-order valence-corrected chi connectivity index (χ0v) is 24.8. The number of hydrogen-bond donors (Lipinski definition) is 1. The second kappa shape index (κ2) is 14.5. The lowest BCUT2D eigenvalue weighted by Crippen LogP contribution is -2.26. The van der Waals surface area contributed by atoms with E-state index in [9.17, 15) is 4.79 Å². The number of nitrogens with one attached hydrogen (secondary N) is 1. The molecule has 0 saturated heterocycles. The topological polar surface area (TPSA) is 56.1 Å². The lowest BCUT2D eigenvalue weighted by atomic mass is 10.0. The van der Waals surface area contributed by atoms with Crippen LogP contribution in [0.4, 0.5) is 0 Å². The third-order valence-corrected chi connectivity index (χ3v) is 7.69. The Morgan fingerprint density at radius 1 is 0.810 bits per heavy atom. The molecule has 0 aliphatic heterocycles. The Labute approximate surface area is 249 Å². The molecule has 0 unspecified atom stereocenters. The van der Waals surface area contributed by atoms with Crippen LogP contribution in [-0.4, -0.2) is 28.6 Å². The van der Waals surface area contributed by atoms with E-state index < -0.39 is 0 Å². The highest BCUT2D eigenvalue weighted by Crippen LogP contribution is 2.22. The van der Waals surface area contributed by atoms with Crippen LogP contribution in [0.25, 0.3) is 22.2 Å². The number of hydrogen-bond acceptors (Lipinski definition) is 3. The van der Waals surface area contributed by atoms with Gasteiger partial charge in [0.2, 0.25) is 5.91 Å². The summed E-state index contributed by atoms with van der Waals surface area (Å²) in [5.41, 5.74) is 8.00. The number of ether oxygens (including phenoxy) is 1. The number of amides is 1. The minimum Gasteiger partial charge on any atom is -0.493 e. The molecular formula is C37H41N3O2. The van der Waals surface area contributed by atoms with Gasteiger partial charge in [0.25, 0.3) is 0 Å². The fraction of sp³-hybridized carbons (Fsp3) is 0.297. The van der Waals surface area contributed by atoms with Crippen LogP contribution in [0.5, 0.6) is 5.75 Å². The predicted molar refractivity (Wildman–Crippen MR) is 172 cm³/mol. The molecule has 0 atom stereocenters. The molecule has 5 heteroatoms. The van der Waals surface area contributed by atoms with Crippen LogP contribution in [0.15, 0.2) is 97.1 Å². The zero-order valence-electron chi connectivity index (χ0n) is 24.8. The third kappa shape index (κ3) is 7.88. The summed E-state index contributed by atoms with van der Waals surface area (Å²) in [4.78, 5) is 17.4. The van der Waals surface area contributed by atoms with Crippen molar-refractivity contribution in [3.05, 3.63) is 120 Å². The highest BCUT2D eigenvalue weighted by molar-refractivity contribution is 5.79. The summed E-state index contributed by atoms with van der Waals surface area (Å²) in [5.74, 6) is 2.18. The van der Waals surface area contributed by atoms with Crippen molar-refractivity contribution in [1.82, 2.24) is 14.9 Å². The van der Waals surface area contributed by atoms with Gasteiger partial charge in [-0.25, -0.2) is 4.98 Å². The molecule has 1 heterocycles. The first-order valence-corrected chi connectivity index (χ1v) is 15.1. The summed E-state index contributed by atoms with van der Waals surface area (Å²) in [5, 5.41) is 3.09. The minimum absolute atomic E-state index is 0.0762. The van der Waals surface area contributed by atoms with Crippen molar-refractivity contribution in [2.45, 2.75) is 58.9 Å². The van der Waals surface area contributed by atoms with Gasteiger partial charge in [-0.2, -0.15) is 0 Å². The zero-order chi connectivity index (χ0) is 29.1. The van der Waals surface area contributed by atoms with Crippen LogP contribution in [0.1, 0.15) is 48.2 Å². The molecule has 0 aliphatic rings. The van der Waals surface area contributed by atoms with E-state index in [1.165, 1.54) is 27.8 Å². The molecule has 0 radical (unpaired) electrons. The van der Waals surface area contributed by atoms with Crippen molar-refractivity contribution in [2.75, 3.05) is 13.2 Å². The molecule has 0 bridgehead atoms. The normalized spacial score (nSPS) is 11.1. The summed E-state index contributed by atoms with van der Waals surface area (Å²) in [6, 6.07) is 33.3. The smallest absolute Gasteiger partial charge is 0.224 e. The maximum absolute atomic E-state index is 12.5. The molecule has 5 nitrogen and oxygen atoms in total. The fourth-order valence-corrected chi connectivity index (χ4v) is 5.34. The largest absolute Gasteiger partial charge is 0.493 e. The number of imidazole rings is 1. The Morgan fingerprint density at radius 2 is 1.57 bits per heavy atom. The van der Waals surface area contributed by atoms with Gasteiger partial charge in [-0.3, -0.25) is 4.79 Å². The van der Waals surface area contributed by atoms with E-state index in [1.54, 1.807) is 0 Å². The number of benzene rings is 4. The van der Waals surface area contributed by atoms with Crippen LogP contribution in [-0.2, 0) is 24.2 Å². The van der Waals surface area contributed by atoms with E-state index in [1.807, 2.05) is 36.4 Å². The lowest BCUT2D eigenvalue weighted by Gasteiger charge is -2.12. The maximum atomic E-state index is 12.5. The number of aromatic nitrogens is 2. The standard InChI is InChI=1S/C37H41N3O2/c1-28-17-18-29(2)35(26-28)42-25-11-24-40-34-15-9-8-14-33(34)39-36(40)16-7-4-10-23-38-37(41)27-30-19-21-32(22-20-30)31-12-5-3-6-13-31/h3,5-6,8-9,12-15,17-22,26H,4,7,10-11,16,23-25,27H2,1-2H3,(H,38,41). The molecule has 1 amide bonds. The van der Waals surface area contributed by atoms with Crippen molar-refractivity contribution in [1.29, 1.82) is 0 Å². The molecule has 0 saturated carbocycles. The van der Waals surface area contributed by atoms with E-state index in [-0.39, 0.29) is 5.91 Å². The average molecular weight is 560 g/mol. The first-order chi connectivity index (χ1) is 20.6. The molecule has 0 fully saturated rings. The molecular weight excluding hydrogens is 518 g/mol. The molecule has 42 heavy (non-hydrogen) atoms. The van der Waals surface area contributed by atoms with Gasteiger partial charge in [0.05, 0.1) is 24.1 Å². The van der Waals surface area contributed by atoms with Crippen LogP contribution in [0, 0.1) is 13.8 Å². The van der Waals surface area contributed by atoms with Crippen molar-refractivity contribution in [3.63, 3.8) is 0 Å². The van der Waals surface area contributed by atoms with E-state index in [0.29, 0.717) is 19.6 Å². The summed E-state index contributed by atoms with van der Waals surface area (Å²) >= 11 is 0. The number of fused-ring (bicyclic) bond motifs is 1. The van der Waals surface area contributed by atoms with E-state index in [4.69, 9.17) is 9.72 Å². The molecule has 1 N–H and O–H groups in total. The van der Waals surface area contributed by atoms with Gasteiger partial charge in [0.1, 0.15) is 11.6 Å². The Hall–Kier alpha value is -4.38. The lowest BCUT2D eigenvalue weighted by molar-refractivity contribution is -0.120. The van der Waals surface area contributed by atoms with E-state index in [2.05, 4.69) is 84.4 Å². The van der Waals surface area contributed by atoms with Gasteiger partial charge in [-0.15, -0.1) is 0 Å². The monoisotopic (exact) mass is 559 g/mol. The Kier molecular flexibility index (Phi) is 10.1. The van der Waals surface area contributed by atoms with Gasteiger partial charge in [0.15, 0.2) is 0 Å². The summed E-state index contributed by atoms with van der Waals surface area (Å²) in [6.45, 7) is 6.44. The molecule has 5 aromatic rings. The number of carbonyl (C=O) groups excluding carboxylic acids is 1.